The van der Waals surface area contributed by atoms with Crippen molar-refractivity contribution in [2.24, 2.45) is 0 Å². The highest BCUT2D eigenvalue weighted by molar-refractivity contribution is 7.18. The summed E-state index contributed by atoms with van der Waals surface area (Å²) in [5.41, 5.74) is 5.10. The summed E-state index contributed by atoms with van der Waals surface area (Å²) in [6.45, 7) is 6.15. The molecule has 0 bridgehead atoms. The third kappa shape index (κ3) is 4.62. The van der Waals surface area contributed by atoms with Gasteiger partial charge in [-0.15, -0.1) is 0 Å². The first-order valence-corrected chi connectivity index (χ1v) is 10.7. The number of anilines is 1. The van der Waals surface area contributed by atoms with Crippen molar-refractivity contribution < 1.29 is 9.59 Å². The van der Waals surface area contributed by atoms with Gasteiger partial charge in [-0.2, -0.15) is 5.10 Å². The number of aromatic nitrogens is 3. The van der Waals surface area contributed by atoms with E-state index in [1.165, 1.54) is 18.3 Å². The molecule has 0 fully saturated rings. The number of rotatable bonds is 6. The van der Waals surface area contributed by atoms with Crippen molar-refractivity contribution in [2.45, 2.75) is 27.3 Å². The lowest BCUT2D eigenvalue weighted by Crippen LogP contribution is -2.12. The molecule has 0 atom stereocenters. The normalized spacial score (nSPS) is 10.8. The second-order valence-electron chi connectivity index (χ2n) is 7.35. The van der Waals surface area contributed by atoms with E-state index < -0.39 is 0 Å². The van der Waals surface area contributed by atoms with E-state index in [0.717, 1.165) is 22.5 Å². The zero-order valence-electron chi connectivity index (χ0n) is 17.5. The van der Waals surface area contributed by atoms with Crippen LogP contribution in [0.3, 0.4) is 0 Å². The summed E-state index contributed by atoms with van der Waals surface area (Å²) in [4.78, 5) is 29.8. The maximum absolute atomic E-state index is 12.7. The smallest absolute Gasteiger partial charge is 0.257 e. The molecule has 1 amide bonds. The Morgan fingerprint density at radius 3 is 2.35 bits per heavy atom. The van der Waals surface area contributed by atoms with E-state index in [2.05, 4.69) is 15.4 Å². The summed E-state index contributed by atoms with van der Waals surface area (Å²) in [6, 6.07) is 18.9. The maximum atomic E-state index is 12.7. The molecule has 4 aromatic rings. The molecular formula is C24H22N4O2S. The van der Waals surface area contributed by atoms with Gasteiger partial charge in [-0.3, -0.25) is 19.6 Å². The third-order valence-corrected chi connectivity index (χ3v) is 5.94. The number of Topliss-reactive ketones (excluding diaryl/α,β-unsaturated/α-hetero) is 1. The average molecular weight is 431 g/mol. The first-order chi connectivity index (χ1) is 14.9. The number of benzene rings is 2. The van der Waals surface area contributed by atoms with Crippen molar-refractivity contribution >= 4 is 28.2 Å². The summed E-state index contributed by atoms with van der Waals surface area (Å²) >= 11 is 1.19. The van der Waals surface area contributed by atoms with Crippen LogP contribution in [0.4, 0.5) is 5.13 Å². The maximum Gasteiger partial charge on any atom is 0.257 e. The van der Waals surface area contributed by atoms with E-state index in [9.17, 15) is 9.59 Å². The van der Waals surface area contributed by atoms with Crippen LogP contribution in [0, 0.1) is 13.8 Å². The van der Waals surface area contributed by atoms with E-state index in [4.69, 9.17) is 0 Å². The van der Waals surface area contributed by atoms with Gasteiger partial charge in [-0.05, 0) is 37.6 Å². The van der Waals surface area contributed by atoms with Crippen LogP contribution in [0.25, 0.3) is 11.3 Å². The lowest BCUT2D eigenvalue weighted by Gasteiger charge is -2.06. The molecule has 7 heteroatoms. The van der Waals surface area contributed by atoms with Gasteiger partial charge in [0, 0.05) is 23.7 Å². The zero-order valence-corrected chi connectivity index (χ0v) is 18.4. The summed E-state index contributed by atoms with van der Waals surface area (Å²) in [6.07, 6.45) is 0. The number of carbonyl (C=O) groups excluding carboxylic acids is 2. The fourth-order valence-electron chi connectivity index (χ4n) is 3.34. The Labute approximate surface area is 184 Å². The second-order valence-corrected chi connectivity index (χ2v) is 8.35. The number of hydrogen-bond donors (Lipinski definition) is 1. The van der Waals surface area contributed by atoms with Crippen LogP contribution in [0.1, 0.15) is 43.9 Å². The third-order valence-electron chi connectivity index (χ3n) is 4.87. The Balaban J connectivity index is 1.50. The molecule has 2 aromatic carbocycles. The average Bonchev–Trinajstić information content (AvgIpc) is 3.32. The van der Waals surface area contributed by atoms with Crippen LogP contribution < -0.4 is 5.32 Å². The molecule has 0 saturated heterocycles. The molecule has 0 unspecified atom stereocenters. The van der Waals surface area contributed by atoms with Gasteiger partial charge in [0.2, 0.25) is 0 Å². The highest BCUT2D eigenvalue weighted by Gasteiger charge is 2.18. The molecule has 2 aromatic heterocycles. The molecule has 31 heavy (non-hydrogen) atoms. The summed E-state index contributed by atoms with van der Waals surface area (Å²) < 4.78 is 1.94. The molecule has 156 valence electrons. The van der Waals surface area contributed by atoms with Crippen LogP contribution in [-0.2, 0) is 6.54 Å². The van der Waals surface area contributed by atoms with Gasteiger partial charge >= 0.3 is 0 Å². The molecular weight excluding hydrogens is 408 g/mol. The van der Waals surface area contributed by atoms with Crippen LogP contribution in [0.2, 0.25) is 0 Å². The van der Waals surface area contributed by atoms with Gasteiger partial charge in [0.15, 0.2) is 10.9 Å². The van der Waals surface area contributed by atoms with Gasteiger partial charge in [0.1, 0.15) is 0 Å². The van der Waals surface area contributed by atoms with Crippen molar-refractivity contribution in [3.63, 3.8) is 0 Å². The summed E-state index contributed by atoms with van der Waals surface area (Å²) in [5.74, 6) is -0.341. The molecule has 4 rings (SSSR count). The Morgan fingerprint density at radius 1 is 1.03 bits per heavy atom. The number of nitrogens with zero attached hydrogens (tertiary/aromatic N) is 3. The van der Waals surface area contributed by atoms with Crippen molar-refractivity contribution in [1.82, 2.24) is 14.8 Å². The summed E-state index contributed by atoms with van der Waals surface area (Å²) in [7, 11) is 0. The molecule has 0 aliphatic heterocycles. The van der Waals surface area contributed by atoms with E-state index in [-0.39, 0.29) is 11.7 Å². The fourth-order valence-corrected chi connectivity index (χ4v) is 4.22. The first-order valence-electron chi connectivity index (χ1n) is 9.89. The van der Waals surface area contributed by atoms with Crippen molar-refractivity contribution in [1.29, 1.82) is 0 Å². The number of nitrogens with one attached hydrogen (secondary N) is 1. The second kappa shape index (κ2) is 8.65. The Bertz CT molecular complexity index is 1240. The molecule has 0 saturated carbocycles. The topological polar surface area (TPSA) is 76.9 Å². The number of ketones is 1. The molecule has 1 N–H and O–H groups in total. The molecule has 0 aliphatic carbocycles. The fraction of sp³-hybridized carbons (Fsp3) is 0.167. The Kier molecular flexibility index (Phi) is 5.77. The quantitative estimate of drug-likeness (QED) is 0.430. The lowest BCUT2D eigenvalue weighted by molar-refractivity contribution is 0.101. The standard InChI is InChI=1S/C24H22N4O2S/c1-15-13-16(2)28(27-15)14-18-9-11-20(12-10-18)23(30)26-24-25-21(22(31-24)17(3)29)19-7-5-4-6-8-19/h4-13H,14H2,1-3H3,(H,25,26,30). The highest BCUT2D eigenvalue weighted by Crippen LogP contribution is 2.31. The van der Waals surface area contributed by atoms with Crippen LogP contribution >= 0.6 is 11.3 Å². The predicted octanol–water partition coefficient (Wildman–Crippen LogP) is 5.13. The first kappa shape index (κ1) is 20.7. The van der Waals surface area contributed by atoms with Crippen molar-refractivity contribution in [2.75, 3.05) is 5.32 Å². The van der Waals surface area contributed by atoms with Gasteiger partial charge in [-0.1, -0.05) is 53.8 Å². The largest absolute Gasteiger partial charge is 0.298 e. The van der Waals surface area contributed by atoms with E-state index >= 15 is 0 Å². The van der Waals surface area contributed by atoms with Gasteiger partial charge in [-0.25, -0.2) is 4.98 Å². The van der Waals surface area contributed by atoms with Crippen LogP contribution in [0.15, 0.2) is 60.7 Å². The molecule has 6 nitrogen and oxygen atoms in total. The monoisotopic (exact) mass is 430 g/mol. The van der Waals surface area contributed by atoms with Crippen molar-refractivity contribution in [3.05, 3.63) is 88.1 Å². The molecule has 0 spiro atoms. The van der Waals surface area contributed by atoms with Gasteiger partial charge in [0.25, 0.3) is 5.91 Å². The van der Waals surface area contributed by atoms with Gasteiger partial charge in [0.05, 0.1) is 22.8 Å². The molecule has 0 radical (unpaired) electrons. The SMILES string of the molecule is CC(=O)c1sc(NC(=O)c2ccc(Cn3nc(C)cc3C)cc2)nc1-c1ccccc1. The predicted molar refractivity (Wildman–Crippen MR) is 123 cm³/mol. The summed E-state index contributed by atoms with van der Waals surface area (Å²) in [5, 5.41) is 7.70. The van der Waals surface area contributed by atoms with E-state index in [1.807, 2.05) is 67.1 Å². The Hall–Kier alpha value is -3.58. The number of aryl methyl sites for hydroxylation is 2. The zero-order chi connectivity index (χ0) is 22.0. The van der Waals surface area contributed by atoms with Crippen molar-refractivity contribution in [3.8, 4) is 11.3 Å². The van der Waals surface area contributed by atoms with Gasteiger partial charge < -0.3 is 0 Å². The van der Waals surface area contributed by atoms with E-state index in [1.54, 1.807) is 12.1 Å². The van der Waals surface area contributed by atoms with E-state index in [0.29, 0.717) is 27.8 Å². The molecule has 0 aliphatic rings. The number of carbonyl (C=O) groups is 2. The minimum atomic E-state index is -0.263. The van der Waals surface area contributed by atoms with Crippen LogP contribution in [-0.4, -0.2) is 26.5 Å². The highest BCUT2D eigenvalue weighted by atomic mass is 32.1. The van der Waals surface area contributed by atoms with Crippen LogP contribution in [0.5, 0.6) is 0 Å². The minimum Gasteiger partial charge on any atom is -0.298 e. The minimum absolute atomic E-state index is 0.0784. The Morgan fingerprint density at radius 2 is 1.74 bits per heavy atom. The molecule has 2 heterocycles. The number of hydrogen-bond acceptors (Lipinski definition) is 5. The number of thiazole rings is 1. The number of amides is 1. The lowest BCUT2D eigenvalue weighted by atomic mass is 10.1.